The summed E-state index contributed by atoms with van der Waals surface area (Å²) in [5, 5.41) is 22.1. The van der Waals surface area contributed by atoms with E-state index in [2.05, 4.69) is 0 Å². The molecule has 1 aliphatic rings. The van der Waals surface area contributed by atoms with E-state index in [0.29, 0.717) is 11.3 Å². The number of carbonyl (C=O) groups is 2. The van der Waals surface area contributed by atoms with Crippen LogP contribution in [0.5, 0.6) is 0 Å². The Morgan fingerprint density at radius 3 is 2.45 bits per heavy atom. The summed E-state index contributed by atoms with van der Waals surface area (Å²) in [6.07, 6.45) is 2.88. The van der Waals surface area contributed by atoms with Crippen molar-refractivity contribution in [3.63, 3.8) is 0 Å². The van der Waals surface area contributed by atoms with Crippen LogP contribution in [0.4, 0.5) is 11.4 Å². The van der Waals surface area contributed by atoms with Gasteiger partial charge in [-0.2, -0.15) is 0 Å². The van der Waals surface area contributed by atoms with E-state index in [-0.39, 0.29) is 11.3 Å². The normalized spacial score (nSPS) is 16.0. The lowest BCUT2D eigenvalue weighted by atomic mass is 9.95. The molecule has 0 unspecified atom stereocenters. The molecule has 1 heterocycles. The Hall–Kier alpha value is -4.52. The van der Waals surface area contributed by atoms with Crippen molar-refractivity contribution in [2.75, 3.05) is 4.90 Å². The maximum Gasteiger partial charge on any atom is 0.294 e. The fraction of sp³-hybridized carbons (Fsp3) is 0.0769. The van der Waals surface area contributed by atoms with Crippen LogP contribution in [0.2, 0.25) is 0 Å². The largest absolute Gasteiger partial charge is 0.503 e. The quantitative estimate of drug-likeness (QED) is 0.327. The zero-order chi connectivity index (χ0) is 23.5. The molecule has 1 aliphatic heterocycles. The van der Waals surface area contributed by atoms with Gasteiger partial charge in [0.25, 0.3) is 11.6 Å². The van der Waals surface area contributed by atoms with Gasteiger partial charge in [-0.1, -0.05) is 60.7 Å². The smallest absolute Gasteiger partial charge is 0.294 e. The average molecular weight is 440 g/mol. The molecule has 3 aromatic carbocycles. The number of non-ortho nitro benzene ring substituents is 1. The van der Waals surface area contributed by atoms with E-state index in [1.54, 1.807) is 30.3 Å². The van der Waals surface area contributed by atoms with Crippen molar-refractivity contribution < 1.29 is 19.6 Å². The van der Waals surface area contributed by atoms with Crippen LogP contribution in [-0.4, -0.2) is 21.7 Å². The summed E-state index contributed by atoms with van der Waals surface area (Å²) in [5.74, 6) is -1.97. The van der Waals surface area contributed by atoms with Crippen molar-refractivity contribution >= 4 is 29.1 Å². The molecule has 7 heteroatoms. The van der Waals surface area contributed by atoms with Crippen molar-refractivity contribution in [2.45, 2.75) is 13.0 Å². The summed E-state index contributed by atoms with van der Waals surface area (Å²) < 4.78 is 0. The third-order valence-corrected chi connectivity index (χ3v) is 5.38. The second kappa shape index (κ2) is 8.92. The Balaban J connectivity index is 1.83. The van der Waals surface area contributed by atoms with E-state index in [1.807, 2.05) is 43.3 Å². The predicted molar refractivity (Wildman–Crippen MR) is 125 cm³/mol. The Morgan fingerprint density at radius 2 is 1.76 bits per heavy atom. The van der Waals surface area contributed by atoms with E-state index >= 15 is 0 Å². The number of anilines is 1. The van der Waals surface area contributed by atoms with Gasteiger partial charge < -0.3 is 5.11 Å². The van der Waals surface area contributed by atoms with Crippen LogP contribution in [-0.2, 0) is 9.59 Å². The molecule has 0 spiro atoms. The van der Waals surface area contributed by atoms with Gasteiger partial charge in [-0.25, -0.2) is 0 Å². The SMILES string of the molecule is Cc1cccc(N2C(=O)C(O)=C(C(=O)/C=C/c3ccccc3)[C@@H]2c2cccc([N+](=O)[O-])c2)c1. The van der Waals surface area contributed by atoms with Crippen LogP contribution in [0.1, 0.15) is 22.7 Å². The van der Waals surface area contributed by atoms with Crippen molar-refractivity contribution in [1.29, 1.82) is 0 Å². The Bertz CT molecular complexity index is 1310. The van der Waals surface area contributed by atoms with Crippen LogP contribution < -0.4 is 4.90 Å². The Labute approximate surface area is 190 Å². The maximum atomic E-state index is 13.2. The van der Waals surface area contributed by atoms with Crippen molar-refractivity contribution in [3.8, 4) is 0 Å². The first kappa shape index (κ1) is 21.7. The summed E-state index contributed by atoms with van der Waals surface area (Å²) in [4.78, 5) is 38.4. The van der Waals surface area contributed by atoms with Gasteiger partial charge >= 0.3 is 0 Å². The number of aliphatic hydroxyl groups excluding tert-OH is 1. The minimum atomic E-state index is -1.02. The number of carbonyl (C=O) groups excluding carboxylic acids is 2. The number of hydrogen-bond acceptors (Lipinski definition) is 5. The van der Waals surface area contributed by atoms with Crippen LogP contribution in [0.25, 0.3) is 6.08 Å². The van der Waals surface area contributed by atoms with E-state index in [4.69, 9.17) is 0 Å². The number of nitrogens with zero attached hydrogens (tertiary/aromatic N) is 2. The molecule has 0 aliphatic carbocycles. The summed E-state index contributed by atoms with van der Waals surface area (Å²) >= 11 is 0. The molecule has 1 atom stereocenters. The topological polar surface area (TPSA) is 101 Å². The first-order valence-corrected chi connectivity index (χ1v) is 10.2. The number of hydrogen-bond donors (Lipinski definition) is 1. The van der Waals surface area contributed by atoms with Gasteiger partial charge in [-0.05, 0) is 41.8 Å². The molecule has 0 saturated heterocycles. The van der Waals surface area contributed by atoms with Crippen LogP contribution in [0.15, 0.2) is 96.3 Å². The molecule has 0 aromatic heterocycles. The predicted octanol–water partition coefficient (Wildman–Crippen LogP) is 5.09. The van der Waals surface area contributed by atoms with E-state index in [9.17, 15) is 24.8 Å². The molecule has 164 valence electrons. The molecule has 4 rings (SSSR count). The molecular formula is C26H20N2O5. The number of amides is 1. The molecule has 1 amide bonds. The van der Waals surface area contributed by atoms with Crippen molar-refractivity contribution in [2.24, 2.45) is 0 Å². The molecule has 0 radical (unpaired) electrons. The van der Waals surface area contributed by atoms with Gasteiger partial charge in [0, 0.05) is 17.8 Å². The fourth-order valence-electron chi connectivity index (χ4n) is 3.85. The Morgan fingerprint density at radius 1 is 1.03 bits per heavy atom. The van der Waals surface area contributed by atoms with E-state index in [0.717, 1.165) is 11.1 Å². The molecule has 33 heavy (non-hydrogen) atoms. The number of ketones is 1. The summed E-state index contributed by atoms with van der Waals surface area (Å²) in [6, 6.07) is 20.9. The first-order valence-electron chi connectivity index (χ1n) is 10.2. The standard InChI is InChI=1S/C26H20N2O5/c1-17-7-5-11-20(15-17)27-24(19-10-6-12-21(16-19)28(32)33)23(25(30)26(27)31)22(29)14-13-18-8-3-2-4-9-18/h2-16,24,30H,1H3/b14-13+/t24-/m0/s1. The van der Waals surface area contributed by atoms with Gasteiger partial charge in [-0.15, -0.1) is 0 Å². The zero-order valence-electron chi connectivity index (χ0n) is 17.7. The van der Waals surface area contributed by atoms with Gasteiger partial charge in [0.2, 0.25) is 0 Å². The third-order valence-electron chi connectivity index (χ3n) is 5.38. The van der Waals surface area contributed by atoms with Gasteiger partial charge in [0.15, 0.2) is 11.5 Å². The fourth-order valence-corrected chi connectivity index (χ4v) is 3.85. The highest BCUT2D eigenvalue weighted by Gasteiger charge is 2.44. The summed E-state index contributed by atoms with van der Waals surface area (Å²) in [6.45, 7) is 1.86. The molecule has 3 aromatic rings. The van der Waals surface area contributed by atoms with Crippen molar-refractivity contribution in [1.82, 2.24) is 0 Å². The number of allylic oxidation sites excluding steroid dienone is 1. The molecule has 0 fully saturated rings. The lowest BCUT2D eigenvalue weighted by Gasteiger charge is -2.27. The third kappa shape index (κ3) is 4.29. The second-order valence-corrected chi connectivity index (χ2v) is 7.64. The number of nitro groups is 1. The number of aliphatic hydroxyl groups is 1. The van der Waals surface area contributed by atoms with E-state index < -0.39 is 28.4 Å². The first-order chi connectivity index (χ1) is 15.9. The summed E-state index contributed by atoms with van der Waals surface area (Å²) in [5.41, 5.74) is 2.16. The van der Waals surface area contributed by atoms with Gasteiger partial charge in [-0.3, -0.25) is 24.6 Å². The lowest BCUT2D eigenvalue weighted by molar-refractivity contribution is -0.384. The summed E-state index contributed by atoms with van der Waals surface area (Å²) in [7, 11) is 0. The van der Waals surface area contributed by atoms with Crippen molar-refractivity contribution in [3.05, 3.63) is 123 Å². The number of benzene rings is 3. The molecule has 7 nitrogen and oxygen atoms in total. The maximum absolute atomic E-state index is 13.2. The monoisotopic (exact) mass is 440 g/mol. The number of rotatable bonds is 6. The van der Waals surface area contributed by atoms with Crippen LogP contribution in [0, 0.1) is 17.0 Å². The van der Waals surface area contributed by atoms with Gasteiger partial charge in [0.1, 0.15) is 0 Å². The Kier molecular flexibility index (Phi) is 5.87. The van der Waals surface area contributed by atoms with Gasteiger partial charge in [0.05, 0.1) is 16.5 Å². The molecule has 1 N–H and O–H groups in total. The highest BCUT2D eigenvalue weighted by molar-refractivity contribution is 6.19. The van der Waals surface area contributed by atoms with Crippen LogP contribution in [0.3, 0.4) is 0 Å². The highest BCUT2D eigenvalue weighted by atomic mass is 16.6. The highest BCUT2D eigenvalue weighted by Crippen LogP contribution is 2.42. The number of aryl methyl sites for hydroxylation is 1. The number of nitro benzene ring substituents is 1. The zero-order valence-corrected chi connectivity index (χ0v) is 17.7. The van der Waals surface area contributed by atoms with E-state index in [1.165, 1.54) is 29.2 Å². The second-order valence-electron chi connectivity index (χ2n) is 7.64. The van der Waals surface area contributed by atoms with Crippen LogP contribution >= 0.6 is 0 Å². The minimum Gasteiger partial charge on any atom is -0.503 e. The lowest BCUT2D eigenvalue weighted by Crippen LogP contribution is -2.31. The molecule has 0 saturated carbocycles. The molecular weight excluding hydrogens is 420 g/mol. The average Bonchev–Trinajstić information content (AvgIpc) is 3.09. The molecule has 0 bridgehead atoms. The minimum absolute atomic E-state index is 0.130.